The first-order chi connectivity index (χ1) is 12.2. The number of hydroxylamine groups is 1. The number of halogens is 1. The van der Waals surface area contributed by atoms with Gasteiger partial charge in [-0.05, 0) is 43.9 Å². The largest absolute Gasteiger partial charge is 0.452 e. The van der Waals surface area contributed by atoms with Crippen molar-refractivity contribution in [2.24, 2.45) is 5.92 Å². The minimum atomic E-state index is -4.03. The summed E-state index contributed by atoms with van der Waals surface area (Å²) in [6.45, 7) is 1.46. The van der Waals surface area contributed by atoms with Crippen LogP contribution in [0, 0.1) is 5.92 Å². The number of sulfonamides is 1. The van der Waals surface area contributed by atoms with E-state index in [1.165, 1.54) is 26.3 Å². The molecule has 1 aromatic rings. The molecule has 0 bridgehead atoms. The minimum absolute atomic E-state index is 0.0399. The topological polar surface area (TPSA) is 102 Å². The number of ether oxygens (including phenoxy) is 1. The molecular formula is C16H21ClN2O6S. The van der Waals surface area contributed by atoms with Crippen LogP contribution in [-0.4, -0.2) is 51.6 Å². The number of hydrogen-bond acceptors (Lipinski definition) is 6. The zero-order valence-electron chi connectivity index (χ0n) is 14.7. The van der Waals surface area contributed by atoms with Crippen molar-refractivity contribution in [3.05, 3.63) is 28.8 Å². The van der Waals surface area contributed by atoms with Gasteiger partial charge in [0, 0.05) is 13.1 Å². The van der Waals surface area contributed by atoms with Crippen LogP contribution in [0.3, 0.4) is 0 Å². The number of carbonyl (C=O) groups excluding carboxylic acids is 2. The van der Waals surface area contributed by atoms with Gasteiger partial charge in [-0.1, -0.05) is 16.1 Å². The number of amides is 1. The number of hydrogen-bond donors (Lipinski definition) is 1. The van der Waals surface area contributed by atoms with Crippen molar-refractivity contribution in [3.63, 3.8) is 0 Å². The van der Waals surface area contributed by atoms with Crippen molar-refractivity contribution in [1.82, 2.24) is 9.79 Å². The van der Waals surface area contributed by atoms with E-state index in [1.807, 2.05) is 6.92 Å². The first-order valence-electron chi connectivity index (χ1n) is 7.96. The summed E-state index contributed by atoms with van der Waals surface area (Å²) in [5.41, 5.74) is -0.0412. The Labute approximate surface area is 157 Å². The van der Waals surface area contributed by atoms with Gasteiger partial charge < -0.3 is 10.1 Å². The highest BCUT2D eigenvalue weighted by molar-refractivity contribution is 7.89. The summed E-state index contributed by atoms with van der Waals surface area (Å²) >= 11 is 5.93. The maximum Gasteiger partial charge on any atom is 0.338 e. The number of rotatable bonds is 8. The third-order valence-electron chi connectivity index (χ3n) is 4.09. The molecule has 1 aliphatic rings. The molecule has 0 aromatic heterocycles. The second-order valence-electron chi connectivity index (χ2n) is 6.01. The van der Waals surface area contributed by atoms with Crippen LogP contribution in [0.4, 0.5) is 0 Å². The molecule has 0 heterocycles. The molecule has 1 amide bonds. The fourth-order valence-electron chi connectivity index (χ4n) is 2.29. The number of nitrogens with zero attached hydrogens (tertiary/aromatic N) is 1. The molecule has 10 heteroatoms. The van der Waals surface area contributed by atoms with Crippen LogP contribution >= 0.6 is 11.6 Å². The zero-order valence-corrected chi connectivity index (χ0v) is 16.3. The Morgan fingerprint density at radius 3 is 2.62 bits per heavy atom. The fourth-order valence-corrected chi connectivity index (χ4v) is 3.76. The van der Waals surface area contributed by atoms with Gasteiger partial charge in [-0.25, -0.2) is 13.2 Å². The standard InChI is InChI=1S/C16H21ClN2O6S/c1-10(11-4-5-11)18-15(20)9-25-16(21)12-6-7-13(17)14(8-12)26(22,23)19(2)24-3/h6-8,10-11H,4-5,9H2,1-3H3,(H,18,20)/t10-/m0/s1. The lowest BCUT2D eigenvalue weighted by atomic mass is 10.2. The Balaban J connectivity index is 2.05. The van der Waals surface area contributed by atoms with Gasteiger partial charge in [0.25, 0.3) is 15.9 Å². The molecule has 26 heavy (non-hydrogen) atoms. The molecule has 0 unspecified atom stereocenters. The molecule has 1 aliphatic carbocycles. The lowest BCUT2D eigenvalue weighted by Crippen LogP contribution is -2.37. The van der Waals surface area contributed by atoms with E-state index in [-0.39, 0.29) is 21.5 Å². The van der Waals surface area contributed by atoms with E-state index in [2.05, 4.69) is 10.2 Å². The SMILES string of the molecule is CON(C)S(=O)(=O)c1cc(C(=O)OCC(=O)N[C@@H](C)C2CC2)ccc1Cl. The first-order valence-corrected chi connectivity index (χ1v) is 9.77. The van der Waals surface area contributed by atoms with E-state index in [0.717, 1.165) is 18.9 Å². The highest BCUT2D eigenvalue weighted by atomic mass is 35.5. The summed E-state index contributed by atoms with van der Waals surface area (Å²) in [6.07, 6.45) is 2.17. The van der Waals surface area contributed by atoms with Gasteiger partial charge in [-0.15, -0.1) is 0 Å². The fraction of sp³-hybridized carbons (Fsp3) is 0.500. The molecule has 1 saturated carbocycles. The first kappa shape index (κ1) is 20.6. The summed E-state index contributed by atoms with van der Waals surface area (Å²) in [5.74, 6) is -0.748. The van der Waals surface area contributed by atoms with E-state index >= 15 is 0 Å². The monoisotopic (exact) mass is 404 g/mol. The van der Waals surface area contributed by atoms with E-state index in [1.54, 1.807) is 0 Å². The molecule has 0 saturated heterocycles. The van der Waals surface area contributed by atoms with Crippen LogP contribution in [0.15, 0.2) is 23.1 Å². The summed E-state index contributed by atoms with van der Waals surface area (Å²) in [5, 5.41) is 2.69. The Morgan fingerprint density at radius 1 is 1.38 bits per heavy atom. The maximum absolute atomic E-state index is 12.3. The molecule has 8 nitrogen and oxygen atoms in total. The highest BCUT2D eigenvalue weighted by Gasteiger charge is 2.29. The van der Waals surface area contributed by atoms with Crippen LogP contribution < -0.4 is 5.32 Å². The Hall–Kier alpha value is -1.68. The predicted octanol–water partition coefficient (Wildman–Crippen LogP) is 1.59. The molecule has 0 aliphatic heterocycles. The number of carbonyl (C=O) groups is 2. The van der Waals surface area contributed by atoms with Crippen LogP contribution in [0.1, 0.15) is 30.1 Å². The summed E-state index contributed by atoms with van der Waals surface area (Å²) in [6, 6.07) is 3.71. The third kappa shape index (κ3) is 4.94. The van der Waals surface area contributed by atoms with Crippen molar-refractivity contribution < 1.29 is 27.6 Å². The number of esters is 1. The lowest BCUT2D eigenvalue weighted by Gasteiger charge is -2.16. The van der Waals surface area contributed by atoms with Gasteiger partial charge in [0.1, 0.15) is 4.90 Å². The lowest BCUT2D eigenvalue weighted by molar-refractivity contribution is -0.124. The Bertz CT molecular complexity index is 794. The molecule has 1 N–H and O–H groups in total. The molecule has 2 rings (SSSR count). The molecule has 0 radical (unpaired) electrons. The van der Waals surface area contributed by atoms with Crippen molar-refractivity contribution in [2.45, 2.75) is 30.7 Å². The average Bonchev–Trinajstić information content (AvgIpc) is 3.44. The van der Waals surface area contributed by atoms with Gasteiger partial charge in [0.05, 0.1) is 17.7 Å². The average molecular weight is 405 g/mol. The van der Waals surface area contributed by atoms with E-state index in [9.17, 15) is 18.0 Å². The second kappa shape index (κ2) is 8.34. The van der Waals surface area contributed by atoms with Gasteiger partial charge in [-0.3, -0.25) is 9.63 Å². The zero-order chi connectivity index (χ0) is 19.5. The Kier molecular flexibility index (Phi) is 6.62. The van der Waals surface area contributed by atoms with Gasteiger partial charge in [-0.2, -0.15) is 0 Å². The number of nitrogens with one attached hydrogen (secondary N) is 1. The highest BCUT2D eigenvalue weighted by Crippen LogP contribution is 2.32. The van der Waals surface area contributed by atoms with Crippen LogP contribution in [0.2, 0.25) is 5.02 Å². The van der Waals surface area contributed by atoms with E-state index < -0.39 is 28.5 Å². The summed E-state index contributed by atoms with van der Waals surface area (Å²) in [7, 11) is -1.65. The number of benzene rings is 1. The molecule has 144 valence electrons. The van der Waals surface area contributed by atoms with Gasteiger partial charge in [0.2, 0.25) is 0 Å². The van der Waals surface area contributed by atoms with Gasteiger partial charge in [0.15, 0.2) is 6.61 Å². The third-order valence-corrected chi connectivity index (χ3v) is 6.25. The van der Waals surface area contributed by atoms with E-state index in [4.69, 9.17) is 16.3 Å². The predicted molar refractivity (Wildman–Crippen MR) is 94.0 cm³/mol. The second-order valence-corrected chi connectivity index (χ2v) is 8.32. The minimum Gasteiger partial charge on any atom is -0.452 e. The molecule has 1 fully saturated rings. The molecule has 1 aromatic carbocycles. The van der Waals surface area contributed by atoms with Crippen LogP contribution in [-0.2, 0) is 24.4 Å². The summed E-state index contributed by atoms with van der Waals surface area (Å²) in [4.78, 5) is 28.3. The van der Waals surface area contributed by atoms with Crippen molar-refractivity contribution in [2.75, 3.05) is 20.8 Å². The van der Waals surface area contributed by atoms with Gasteiger partial charge >= 0.3 is 5.97 Å². The van der Waals surface area contributed by atoms with Crippen molar-refractivity contribution in [3.8, 4) is 0 Å². The Morgan fingerprint density at radius 2 is 2.04 bits per heavy atom. The molecular weight excluding hydrogens is 384 g/mol. The van der Waals surface area contributed by atoms with Crippen LogP contribution in [0.5, 0.6) is 0 Å². The molecule has 0 spiro atoms. The smallest absolute Gasteiger partial charge is 0.338 e. The normalized spacial score (nSPS) is 15.6. The quantitative estimate of drug-likeness (QED) is 0.521. The molecule has 1 atom stereocenters. The van der Waals surface area contributed by atoms with Crippen molar-refractivity contribution in [1.29, 1.82) is 0 Å². The maximum atomic E-state index is 12.3. The summed E-state index contributed by atoms with van der Waals surface area (Å²) < 4.78 is 30.2. The van der Waals surface area contributed by atoms with E-state index in [0.29, 0.717) is 10.4 Å². The van der Waals surface area contributed by atoms with Crippen LogP contribution in [0.25, 0.3) is 0 Å². The van der Waals surface area contributed by atoms with Crippen molar-refractivity contribution >= 4 is 33.5 Å².